The molecule has 9 rings (SSSR count). The Morgan fingerprint density at radius 2 is 1.52 bits per heavy atom. The van der Waals surface area contributed by atoms with E-state index in [4.69, 9.17) is 4.99 Å². The van der Waals surface area contributed by atoms with E-state index in [1.807, 2.05) is 6.07 Å². The van der Waals surface area contributed by atoms with Gasteiger partial charge in [-0.15, -0.1) is 5.73 Å². The highest BCUT2D eigenvalue weighted by Gasteiger charge is 2.40. The molecule has 0 bridgehead atoms. The number of hydrogen-bond donors (Lipinski definition) is 1. The van der Waals surface area contributed by atoms with Gasteiger partial charge in [0, 0.05) is 22.5 Å². The van der Waals surface area contributed by atoms with Crippen molar-refractivity contribution in [1.82, 2.24) is 5.32 Å². The van der Waals surface area contributed by atoms with E-state index in [9.17, 15) is 0 Å². The lowest BCUT2D eigenvalue weighted by atomic mass is 9.77. The summed E-state index contributed by atoms with van der Waals surface area (Å²) in [4.78, 5) is 5.15. The molecule has 0 spiro atoms. The third-order valence-electron chi connectivity index (χ3n) is 10.6. The third-order valence-corrected chi connectivity index (χ3v) is 10.6. The van der Waals surface area contributed by atoms with Crippen LogP contribution in [0.2, 0.25) is 0 Å². The molecule has 4 aliphatic rings. The summed E-state index contributed by atoms with van der Waals surface area (Å²) >= 11 is 0. The molecule has 2 nitrogen and oxygen atoms in total. The van der Waals surface area contributed by atoms with Gasteiger partial charge in [0.25, 0.3) is 0 Å². The van der Waals surface area contributed by atoms with Crippen LogP contribution in [0.3, 0.4) is 0 Å². The van der Waals surface area contributed by atoms with Crippen LogP contribution >= 0.6 is 0 Å². The first-order valence-corrected chi connectivity index (χ1v) is 17.6. The second kappa shape index (κ2) is 12.2. The Balaban J connectivity index is 0.998. The molecule has 5 aromatic rings. The second-order valence-corrected chi connectivity index (χ2v) is 14.1. The van der Waals surface area contributed by atoms with Crippen LogP contribution < -0.4 is 5.32 Å². The average molecular weight is 643 g/mol. The van der Waals surface area contributed by atoms with Crippen molar-refractivity contribution in [1.29, 1.82) is 0 Å². The van der Waals surface area contributed by atoms with Crippen LogP contribution in [0.1, 0.15) is 59.7 Å². The van der Waals surface area contributed by atoms with Crippen LogP contribution in [-0.2, 0) is 5.41 Å². The van der Waals surface area contributed by atoms with E-state index >= 15 is 0 Å². The van der Waals surface area contributed by atoms with Crippen LogP contribution in [-0.4, -0.2) is 5.84 Å². The number of fused-ring (bicyclic) bond motifs is 5. The predicted molar refractivity (Wildman–Crippen MR) is 210 cm³/mol. The summed E-state index contributed by atoms with van der Waals surface area (Å²) in [7, 11) is 0. The number of benzene rings is 5. The Labute approximate surface area is 294 Å². The summed E-state index contributed by atoms with van der Waals surface area (Å²) < 4.78 is 0. The molecule has 0 saturated carbocycles. The Hall–Kier alpha value is -5.95. The summed E-state index contributed by atoms with van der Waals surface area (Å²) in [6.45, 7) is 4.75. The minimum Gasteiger partial charge on any atom is -0.359 e. The minimum atomic E-state index is -0.0848. The van der Waals surface area contributed by atoms with Gasteiger partial charge in [0.05, 0.1) is 11.7 Å². The Morgan fingerprint density at radius 3 is 2.38 bits per heavy atom. The molecule has 0 fully saturated rings. The van der Waals surface area contributed by atoms with Crippen LogP contribution in [0, 0.1) is 5.92 Å². The molecule has 240 valence electrons. The zero-order valence-corrected chi connectivity index (χ0v) is 28.4. The van der Waals surface area contributed by atoms with E-state index in [1.165, 1.54) is 55.3 Å². The Kier molecular flexibility index (Phi) is 7.34. The lowest BCUT2D eigenvalue weighted by Crippen LogP contribution is -2.31. The number of nitrogens with one attached hydrogen (secondary N) is 1. The quantitative estimate of drug-likeness (QED) is 0.190. The van der Waals surface area contributed by atoms with Gasteiger partial charge in [-0.2, -0.15) is 0 Å². The zero-order valence-electron chi connectivity index (χ0n) is 28.4. The van der Waals surface area contributed by atoms with E-state index in [1.54, 1.807) is 0 Å². The lowest BCUT2D eigenvalue weighted by Gasteiger charge is -2.26. The van der Waals surface area contributed by atoms with Crippen LogP contribution in [0.4, 0.5) is 0 Å². The SMILES string of the molecule is CC1(C)C2=CC(C3=CC=CC(c4cccc(C5=NC(c6ccccc6)=CC(c6ccccc6)N5)c4)=CC3)C=C=C2c2ccc3ccccc3c21. The van der Waals surface area contributed by atoms with E-state index in [2.05, 4.69) is 183 Å². The molecule has 0 saturated heterocycles. The first kappa shape index (κ1) is 30.1. The van der Waals surface area contributed by atoms with Gasteiger partial charge in [0.15, 0.2) is 0 Å². The first-order valence-electron chi connectivity index (χ1n) is 17.6. The molecule has 2 atom stereocenters. The Bertz CT molecular complexity index is 2420. The van der Waals surface area contributed by atoms with Crippen molar-refractivity contribution in [2.75, 3.05) is 0 Å². The van der Waals surface area contributed by atoms with E-state index in [-0.39, 0.29) is 17.4 Å². The molecule has 0 radical (unpaired) electrons. The summed E-state index contributed by atoms with van der Waals surface area (Å²) in [6, 6.07) is 43.2. The molecule has 0 aromatic heterocycles. The fourth-order valence-corrected chi connectivity index (χ4v) is 8.05. The molecule has 5 aromatic carbocycles. The van der Waals surface area contributed by atoms with Crippen molar-refractivity contribution >= 4 is 33.5 Å². The molecule has 2 unspecified atom stereocenters. The lowest BCUT2D eigenvalue weighted by molar-refractivity contribution is 0.658. The smallest absolute Gasteiger partial charge is 0.134 e. The van der Waals surface area contributed by atoms with Gasteiger partial charge in [0.1, 0.15) is 5.84 Å². The second-order valence-electron chi connectivity index (χ2n) is 14.1. The molecule has 1 aliphatic heterocycles. The van der Waals surface area contributed by atoms with Crippen molar-refractivity contribution in [3.05, 3.63) is 214 Å². The van der Waals surface area contributed by atoms with Crippen molar-refractivity contribution < 1.29 is 0 Å². The van der Waals surface area contributed by atoms with Gasteiger partial charge in [-0.1, -0.05) is 165 Å². The van der Waals surface area contributed by atoms with Gasteiger partial charge in [-0.3, -0.25) is 0 Å². The first-order chi connectivity index (χ1) is 24.5. The van der Waals surface area contributed by atoms with Crippen LogP contribution in [0.25, 0.3) is 27.6 Å². The predicted octanol–water partition coefficient (Wildman–Crippen LogP) is 11.3. The third kappa shape index (κ3) is 5.26. The highest BCUT2D eigenvalue weighted by molar-refractivity contribution is 6.04. The van der Waals surface area contributed by atoms with Gasteiger partial charge >= 0.3 is 0 Å². The molecule has 1 heterocycles. The summed E-state index contributed by atoms with van der Waals surface area (Å²) in [5, 5.41) is 6.37. The van der Waals surface area contributed by atoms with E-state index in [0.29, 0.717) is 0 Å². The average Bonchev–Trinajstić information content (AvgIpc) is 3.30. The highest BCUT2D eigenvalue weighted by atomic mass is 15.0. The highest BCUT2D eigenvalue weighted by Crippen LogP contribution is 2.53. The zero-order chi connectivity index (χ0) is 33.7. The van der Waals surface area contributed by atoms with Crippen LogP contribution in [0.15, 0.2) is 186 Å². The number of amidine groups is 1. The fourth-order valence-electron chi connectivity index (χ4n) is 8.05. The van der Waals surface area contributed by atoms with E-state index in [0.717, 1.165) is 29.1 Å². The maximum Gasteiger partial charge on any atom is 0.134 e. The molecule has 3 aliphatic carbocycles. The molecular formula is C48H38N2. The number of allylic oxidation sites excluding steroid dienone is 9. The molecule has 0 amide bonds. The molecular weight excluding hydrogens is 605 g/mol. The monoisotopic (exact) mass is 642 g/mol. The van der Waals surface area contributed by atoms with Gasteiger partial charge in [0.2, 0.25) is 0 Å². The molecule has 1 N–H and O–H groups in total. The Morgan fingerprint density at radius 1 is 0.760 bits per heavy atom. The van der Waals surface area contributed by atoms with Gasteiger partial charge in [-0.25, -0.2) is 4.99 Å². The van der Waals surface area contributed by atoms with Crippen LogP contribution in [0.5, 0.6) is 0 Å². The minimum absolute atomic E-state index is 0.0231. The number of aliphatic imine (C=N–C) groups is 1. The van der Waals surface area contributed by atoms with E-state index < -0.39 is 0 Å². The van der Waals surface area contributed by atoms with Crippen molar-refractivity contribution in [3.8, 4) is 0 Å². The molecule has 2 heteroatoms. The molecule has 50 heavy (non-hydrogen) atoms. The largest absolute Gasteiger partial charge is 0.359 e. The van der Waals surface area contributed by atoms with Crippen molar-refractivity contribution in [3.63, 3.8) is 0 Å². The van der Waals surface area contributed by atoms with Crippen molar-refractivity contribution in [2.24, 2.45) is 10.9 Å². The number of rotatable bonds is 5. The van der Waals surface area contributed by atoms with Crippen molar-refractivity contribution in [2.45, 2.75) is 31.7 Å². The summed E-state index contributed by atoms with van der Waals surface area (Å²) in [5.41, 5.74) is 17.2. The number of nitrogens with zero attached hydrogens (tertiary/aromatic N) is 1. The summed E-state index contributed by atoms with van der Waals surface area (Å²) in [6.07, 6.45) is 17.0. The number of hydrogen-bond acceptors (Lipinski definition) is 2. The fraction of sp³-hybridized carbons (Fsp3) is 0.125. The van der Waals surface area contributed by atoms with Gasteiger partial charge in [-0.05, 0) is 74.4 Å². The standard InChI is InChI=1S/C48H38N2/c1-48(2)43-30-38(26-27-41(43)42-28-25-34-13-9-10-22-40(34)46(42)48)33-19-11-18-32(23-24-33)37-20-12-21-39(29-37)47-49-44(35-14-5-3-6-15-35)31-45(50-47)36-16-7-4-8-17-36/h3-23,25-26,28-31,38,44H,24H2,1-2H3,(H,49,50). The topological polar surface area (TPSA) is 24.4 Å². The normalized spacial score (nSPS) is 20.3. The van der Waals surface area contributed by atoms with Gasteiger partial charge < -0.3 is 5.32 Å². The maximum atomic E-state index is 5.15. The summed E-state index contributed by atoms with van der Waals surface area (Å²) in [5.74, 6) is 1.09. The maximum absolute atomic E-state index is 5.15.